The van der Waals surface area contributed by atoms with Gasteiger partial charge in [-0.25, -0.2) is 0 Å². The van der Waals surface area contributed by atoms with Gasteiger partial charge in [-0.1, -0.05) is 13.0 Å². The van der Waals surface area contributed by atoms with Crippen LogP contribution in [0.3, 0.4) is 0 Å². The van der Waals surface area contributed by atoms with Gasteiger partial charge in [0.1, 0.15) is 6.29 Å². The molecule has 2 heteroatoms. The number of rotatable bonds is 7. The number of hydrogen-bond donors (Lipinski definition) is 1. The molecule has 0 saturated carbocycles. The molecule has 0 aromatic rings. The van der Waals surface area contributed by atoms with Gasteiger partial charge in [-0.2, -0.15) is 0 Å². The normalized spacial score (nSPS) is 16.0. The van der Waals surface area contributed by atoms with E-state index in [1.807, 2.05) is 13.0 Å². The molecule has 0 spiro atoms. The van der Waals surface area contributed by atoms with Crippen molar-refractivity contribution < 1.29 is 9.90 Å². The van der Waals surface area contributed by atoms with Crippen molar-refractivity contribution in [1.29, 1.82) is 0 Å². The fraction of sp³-hybridized carbons (Fsp3) is 0.750. The quantitative estimate of drug-likeness (QED) is 0.504. The highest BCUT2D eigenvalue weighted by Crippen LogP contribution is 2.29. The Hall–Kier alpha value is -0.630. The minimum absolute atomic E-state index is 0.104. The predicted molar refractivity (Wildman–Crippen MR) is 59.1 cm³/mol. The molecule has 2 nitrogen and oxygen atoms in total. The van der Waals surface area contributed by atoms with E-state index in [0.717, 1.165) is 25.5 Å². The molecule has 0 bridgehead atoms. The summed E-state index contributed by atoms with van der Waals surface area (Å²) in [6.45, 7) is 9.38. The van der Waals surface area contributed by atoms with Crippen LogP contribution in [0.1, 0.15) is 46.5 Å². The van der Waals surface area contributed by atoms with Gasteiger partial charge < -0.3 is 9.90 Å². The van der Waals surface area contributed by atoms with Gasteiger partial charge in [0.05, 0.1) is 5.60 Å². The average Bonchev–Trinajstić information content (AvgIpc) is 2.02. The van der Waals surface area contributed by atoms with Crippen molar-refractivity contribution in [1.82, 2.24) is 0 Å². The molecule has 0 heterocycles. The van der Waals surface area contributed by atoms with E-state index in [0.29, 0.717) is 6.42 Å². The molecule has 0 aliphatic rings. The second-order valence-corrected chi connectivity index (χ2v) is 4.89. The molecule has 0 aliphatic carbocycles. The van der Waals surface area contributed by atoms with Crippen molar-refractivity contribution in [3.05, 3.63) is 12.7 Å². The lowest BCUT2D eigenvalue weighted by molar-refractivity contribution is -0.109. The lowest BCUT2D eigenvalue weighted by Crippen LogP contribution is -2.20. The molecule has 0 saturated heterocycles. The van der Waals surface area contributed by atoms with Crippen molar-refractivity contribution >= 4 is 6.29 Å². The van der Waals surface area contributed by atoms with Crippen molar-refractivity contribution in [2.75, 3.05) is 0 Å². The molecule has 82 valence electrons. The minimum Gasteiger partial charge on any atom is -0.390 e. The highest BCUT2D eigenvalue weighted by molar-refractivity contribution is 5.51. The van der Waals surface area contributed by atoms with Crippen LogP contribution in [0.15, 0.2) is 12.7 Å². The first-order valence-corrected chi connectivity index (χ1v) is 5.13. The molecule has 0 aromatic carbocycles. The van der Waals surface area contributed by atoms with E-state index in [2.05, 4.69) is 6.58 Å². The number of carbonyl (C=O) groups is 1. The van der Waals surface area contributed by atoms with Gasteiger partial charge in [0.15, 0.2) is 0 Å². The van der Waals surface area contributed by atoms with Gasteiger partial charge in [0.25, 0.3) is 0 Å². The molecule has 0 amide bonds. The van der Waals surface area contributed by atoms with Crippen molar-refractivity contribution in [2.45, 2.75) is 52.1 Å². The minimum atomic E-state index is -0.608. The van der Waals surface area contributed by atoms with Gasteiger partial charge in [-0.3, -0.25) is 0 Å². The number of carbonyl (C=O) groups excluding carboxylic acids is 1. The third-order valence-electron chi connectivity index (χ3n) is 2.58. The zero-order valence-corrected chi connectivity index (χ0v) is 9.55. The Morgan fingerprint density at radius 2 is 1.86 bits per heavy atom. The van der Waals surface area contributed by atoms with E-state index in [-0.39, 0.29) is 5.41 Å². The Bertz CT molecular complexity index is 191. The van der Waals surface area contributed by atoms with Gasteiger partial charge in [0, 0.05) is 6.42 Å². The zero-order valence-electron chi connectivity index (χ0n) is 9.55. The molecule has 0 rings (SSSR count). The summed E-state index contributed by atoms with van der Waals surface area (Å²) in [6, 6.07) is 0. The summed E-state index contributed by atoms with van der Waals surface area (Å²) in [7, 11) is 0. The molecule has 0 aliphatic heterocycles. The van der Waals surface area contributed by atoms with Crippen LogP contribution < -0.4 is 0 Å². The zero-order chi connectivity index (χ0) is 11.2. The Morgan fingerprint density at radius 3 is 2.21 bits per heavy atom. The third kappa shape index (κ3) is 5.92. The molecule has 1 atom stereocenters. The summed E-state index contributed by atoms with van der Waals surface area (Å²) in [5.74, 6) is 0. The highest BCUT2D eigenvalue weighted by Gasteiger charge is 2.21. The van der Waals surface area contributed by atoms with E-state index in [4.69, 9.17) is 0 Å². The molecular weight excluding hydrogens is 176 g/mol. The summed E-state index contributed by atoms with van der Waals surface area (Å²) in [5, 5.41) is 9.52. The van der Waals surface area contributed by atoms with Crippen LogP contribution in [0.2, 0.25) is 0 Å². The van der Waals surface area contributed by atoms with Crippen LogP contribution in [-0.4, -0.2) is 17.0 Å². The maximum Gasteiger partial charge on any atom is 0.120 e. The molecule has 14 heavy (non-hydrogen) atoms. The Labute approximate surface area is 87.0 Å². The standard InChI is InChI=1S/C12H22O2/c1-5-12(4,9-10-13)8-6-7-11(2,3)14/h5,10,14H,1,6-9H2,2-4H3/t12-/m0/s1. The van der Waals surface area contributed by atoms with E-state index >= 15 is 0 Å². The second kappa shape index (κ2) is 5.30. The van der Waals surface area contributed by atoms with E-state index in [1.54, 1.807) is 13.8 Å². The third-order valence-corrected chi connectivity index (χ3v) is 2.58. The fourth-order valence-electron chi connectivity index (χ4n) is 1.40. The van der Waals surface area contributed by atoms with Crippen molar-refractivity contribution in [3.63, 3.8) is 0 Å². The largest absolute Gasteiger partial charge is 0.390 e. The lowest BCUT2D eigenvalue weighted by Gasteiger charge is -2.25. The van der Waals surface area contributed by atoms with E-state index < -0.39 is 5.60 Å². The highest BCUT2D eigenvalue weighted by atomic mass is 16.3. The predicted octanol–water partition coefficient (Wildman–Crippen LogP) is 2.71. The van der Waals surface area contributed by atoms with Gasteiger partial charge in [0.2, 0.25) is 0 Å². The molecule has 0 radical (unpaired) electrons. The Morgan fingerprint density at radius 1 is 1.29 bits per heavy atom. The number of aliphatic hydroxyl groups is 1. The molecule has 1 N–H and O–H groups in total. The smallest absolute Gasteiger partial charge is 0.120 e. The number of aldehydes is 1. The van der Waals surface area contributed by atoms with Crippen LogP contribution in [0, 0.1) is 5.41 Å². The maximum atomic E-state index is 10.4. The van der Waals surface area contributed by atoms with Crippen molar-refractivity contribution in [2.24, 2.45) is 5.41 Å². The Kier molecular flexibility index (Phi) is 5.06. The van der Waals surface area contributed by atoms with E-state index in [9.17, 15) is 9.90 Å². The number of allylic oxidation sites excluding steroid dienone is 1. The lowest BCUT2D eigenvalue weighted by atomic mass is 9.81. The summed E-state index contributed by atoms with van der Waals surface area (Å²) in [6.07, 6.45) is 5.87. The molecule has 0 aromatic heterocycles. The summed E-state index contributed by atoms with van der Waals surface area (Å²) in [5.41, 5.74) is -0.712. The maximum absolute atomic E-state index is 10.4. The number of hydrogen-bond acceptors (Lipinski definition) is 2. The van der Waals surface area contributed by atoms with Crippen LogP contribution in [-0.2, 0) is 4.79 Å². The van der Waals surface area contributed by atoms with Crippen LogP contribution in [0.25, 0.3) is 0 Å². The summed E-state index contributed by atoms with van der Waals surface area (Å²) in [4.78, 5) is 10.4. The van der Waals surface area contributed by atoms with E-state index in [1.165, 1.54) is 0 Å². The first-order valence-electron chi connectivity index (χ1n) is 5.13. The second-order valence-electron chi connectivity index (χ2n) is 4.89. The van der Waals surface area contributed by atoms with Crippen LogP contribution in [0.5, 0.6) is 0 Å². The summed E-state index contributed by atoms with van der Waals surface area (Å²) < 4.78 is 0. The molecular formula is C12H22O2. The first kappa shape index (κ1) is 13.4. The van der Waals surface area contributed by atoms with Gasteiger partial charge in [-0.05, 0) is 38.5 Å². The first-order chi connectivity index (χ1) is 6.33. The fourth-order valence-corrected chi connectivity index (χ4v) is 1.40. The topological polar surface area (TPSA) is 37.3 Å². The molecule has 0 unspecified atom stereocenters. The van der Waals surface area contributed by atoms with Gasteiger partial charge >= 0.3 is 0 Å². The molecule has 0 fully saturated rings. The summed E-state index contributed by atoms with van der Waals surface area (Å²) >= 11 is 0. The Balaban J connectivity index is 3.96. The van der Waals surface area contributed by atoms with Gasteiger partial charge in [-0.15, -0.1) is 6.58 Å². The van der Waals surface area contributed by atoms with Crippen molar-refractivity contribution in [3.8, 4) is 0 Å². The average molecular weight is 198 g/mol. The van der Waals surface area contributed by atoms with Crippen LogP contribution in [0.4, 0.5) is 0 Å². The van der Waals surface area contributed by atoms with Crippen LogP contribution >= 0.6 is 0 Å². The SMILES string of the molecule is C=C[C@](C)(CC=O)CCCC(C)(C)O. The monoisotopic (exact) mass is 198 g/mol.